The highest BCUT2D eigenvalue weighted by Gasteiger charge is 2.35. The minimum absolute atomic E-state index is 0.0435. The van der Waals surface area contributed by atoms with Gasteiger partial charge in [-0.2, -0.15) is 0 Å². The summed E-state index contributed by atoms with van der Waals surface area (Å²) in [5.41, 5.74) is 11.6. The number of nitrogens with zero attached hydrogens (tertiary/aromatic N) is 5. The van der Waals surface area contributed by atoms with Crippen LogP contribution in [0.2, 0.25) is 0 Å². The number of carbonyl (C=O) groups is 2. The van der Waals surface area contributed by atoms with Gasteiger partial charge in [0, 0.05) is 68.6 Å². The number of anilines is 2. The molecule has 40 heavy (non-hydrogen) atoms. The number of piperazine rings is 1. The Balaban J connectivity index is 1.30. The lowest BCUT2D eigenvalue weighted by atomic mass is 9.94. The molecule has 9 heteroatoms. The largest absolute Gasteiger partial charge is 0.382 e. The van der Waals surface area contributed by atoms with Gasteiger partial charge < -0.3 is 30.7 Å². The summed E-state index contributed by atoms with van der Waals surface area (Å²) >= 11 is 0. The van der Waals surface area contributed by atoms with E-state index in [2.05, 4.69) is 46.3 Å². The van der Waals surface area contributed by atoms with Gasteiger partial charge in [0.05, 0.1) is 13.1 Å². The van der Waals surface area contributed by atoms with Gasteiger partial charge in [-0.1, -0.05) is 24.3 Å². The number of hydrogen-bond acceptors (Lipinski definition) is 7. The topological polar surface area (TPSA) is 97.5 Å². The Kier molecular flexibility index (Phi) is 8.00. The molecule has 2 amide bonds. The van der Waals surface area contributed by atoms with Crippen molar-refractivity contribution >= 4 is 29.4 Å². The van der Waals surface area contributed by atoms with Crippen LogP contribution in [0, 0.1) is 20.8 Å². The number of likely N-dealkylation sites (tertiary alicyclic amines) is 1. The molecule has 0 spiro atoms. The van der Waals surface area contributed by atoms with E-state index in [0.717, 1.165) is 66.4 Å². The van der Waals surface area contributed by atoms with Crippen LogP contribution in [-0.2, 0) is 4.79 Å². The Bertz CT molecular complexity index is 1310. The summed E-state index contributed by atoms with van der Waals surface area (Å²) in [4.78, 5) is 39.3. The first-order chi connectivity index (χ1) is 19.2. The number of aryl methyl sites for hydroxylation is 2. The third-order valence-electron chi connectivity index (χ3n) is 8.37. The smallest absolute Gasteiger partial charge is 0.254 e. The van der Waals surface area contributed by atoms with Crippen LogP contribution in [0.25, 0.3) is 0 Å². The fraction of sp³-hybridized carbons (Fsp3) is 0.452. The van der Waals surface area contributed by atoms with Crippen LogP contribution in [0.5, 0.6) is 0 Å². The van der Waals surface area contributed by atoms with Crippen LogP contribution in [0.3, 0.4) is 0 Å². The second-order valence-electron chi connectivity index (χ2n) is 11.2. The Morgan fingerprint density at radius 3 is 2.40 bits per heavy atom. The van der Waals surface area contributed by atoms with Gasteiger partial charge in [0.25, 0.3) is 5.91 Å². The molecule has 9 nitrogen and oxygen atoms in total. The molecule has 3 heterocycles. The van der Waals surface area contributed by atoms with Crippen LogP contribution < -0.4 is 16.0 Å². The first-order valence-electron chi connectivity index (χ1n) is 14.2. The number of rotatable bonds is 6. The lowest BCUT2D eigenvalue weighted by Gasteiger charge is -2.41. The van der Waals surface area contributed by atoms with Gasteiger partial charge >= 0.3 is 0 Å². The summed E-state index contributed by atoms with van der Waals surface area (Å²) in [6.45, 7) is 10.2. The van der Waals surface area contributed by atoms with Crippen LogP contribution >= 0.6 is 0 Å². The number of carbonyl (C=O) groups excluding carboxylic acids is 2. The molecule has 2 saturated heterocycles. The summed E-state index contributed by atoms with van der Waals surface area (Å²) in [5, 5.41) is 3.78. The van der Waals surface area contributed by atoms with E-state index in [1.54, 1.807) is 4.90 Å². The number of benzene rings is 2. The summed E-state index contributed by atoms with van der Waals surface area (Å²) in [7, 11) is 2.07. The zero-order chi connectivity index (χ0) is 28.4. The molecule has 3 aliphatic rings. The van der Waals surface area contributed by atoms with Crippen LogP contribution in [0.4, 0.5) is 11.4 Å². The van der Waals surface area contributed by atoms with Crippen molar-refractivity contribution in [2.75, 3.05) is 56.5 Å². The maximum atomic E-state index is 14.0. The third kappa shape index (κ3) is 5.64. The Hall–Kier alpha value is -4.01. The highest BCUT2D eigenvalue weighted by Crippen LogP contribution is 2.31. The van der Waals surface area contributed by atoms with Crippen molar-refractivity contribution in [2.24, 2.45) is 10.7 Å². The summed E-state index contributed by atoms with van der Waals surface area (Å²) in [5.74, 6) is 0.566. The van der Waals surface area contributed by atoms with E-state index < -0.39 is 11.9 Å². The molecule has 3 aliphatic heterocycles. The van der Waals surface area contributed by atoms with E-state index in [9.17, 15) is 9.59 Å². The molecule has 0 aromatic heterocycles. The summed E-state index contributed by atoms with van der Waals surface area (Å²) in [6, 6.07) is 11.6. The highest BCUT2D eigenvalue weighted by atomic mass is 16.2. The zero-order valence-electron chi connectivity index (χ0n) is 24.1. The van der Waals surface area contributed by atoms with Crippen molar-refractivity contribution in [1.82, 2.24) is 14.7 Å². The SMILES string of the molecule is Cc1cc(C)c(C(=O)N2CCN(c3ccccc3)[C@@H](C(N)=O)C2)c(C)c1NC1CCN(C2=CN(C)CC=N2)CC1. The van der Waals surface area contributed by atoms with E-state index in [4.69, 9.17) is 5.73 Å². The number of piperidine rings is 1. The van der Waals surface area contributed by atoms with E-state index in [1.807, 2.05) is 55.3 Å². The van der Waals surface area contributed by atoms with Gasteiger partial charge in [0.1, 0.15) is 11.9 Å². The predicted molar refractivity (Wildman–Crippen MR) is 161 cm³/mol. The quantitative estimate of drug-likeness (QED) is 0.581. The average molecular weight is 544 g/mol. The van der Waals surface area contributed by atoms with E-state index in [0.29, 0.717) is 24.7 Å². The maximum Gasteiger partial charge on any atom is 0.254 e. The predicted octanol–water partition coefficient (Wildman–Crippen LogP) is 3.12. The monoisotopic (exact) mass is 543 g/mol. The van der Waals surface area contributed by atoms with Crippen LogP contribution in [-0.4, -0.2) is 91.1 Å². The van der Waals surface area contributed by atoms with Crippen molar-refractivity contribution in [3.63, 3.8) is 0 Å². The first kappa shape index (κ1) is 27.6. The molecular formula is C31H41N7O2. The third-order valence-corrected chi connectivity index (χ3v) is 8.37. The van der Waals surface area contributed by atoms with Crippen LogP contribution in [0.15, 0.2) is 53.4 Å². The Labute approximate surface area is 237 Å². The molecule has 2 aromatic carbocycles. The molecule has 0 saturated carbocycles. The number of hydrogen-bond donors (Lipinski definition) is 2. The molecule has 5 rings (SSSR count). The normalized spacial score (nSPS) is 20.0. The second kappa shape index (κ2) is 11.6. The number of para-hydroxylation sites is 1. The van der Waals surface area contributed by atoms with Gasteiger partial charge in [0.15, 0.2) is 0 Å². The first-order valence-corrected chi connectivity index (χ1v) is 14.2. The van der Waals surface area contributed by atoms with Crippen molar-refractivity contribution in [2.45, 2.75) is 45.7 Å². The fourth-order valence-electron chi connectivity index (χ4n) is 6.20. The maximum absolute atomic E-state index is 14.0. The molecule has 0 radical (unpaired) electrons. The fourth-order valence-corrected chi connectivity index (χ4v) is 6.20. The molecule has 2 fully saturated rings. The molecular weight excluding hydrogens is 502 g/mol. The molecule has 0 bridgehead atoms. The molecule has 3 N–H and O–H groups in total. The standard InChI is InChI=1S/C31H41N7O2/c1-21-18-22(2)29(34-24-10-13-36(14-11-24)27-20-35(4)15-12-33-27)23(3)28(21)31(40)37-16-17-38(26(19-37)30(32)39)25-8-6-5-7-9-25/h5-9,12,18,20,24,26,34H,10-11,13-17,19H2,1-4H3,(H2,32,39)/t26-/m1/s1. The number of primary amides is 1. The van der Waals surface area contributed by atoms with Crippen molar-refractivity contribution < 1.29 is 9.59 Å². The van der Waals surface area contributed by atoms with Gasteiger partial charge in [-0.25, -0.2) is 4.99 Å². The lowest BCUT2D eigenvalue weighted by Crippen LogP contribution is -2.59. The average Bonchev–Trinajstić information content (AvgIpc) is 2.95. The molecule has 0 aliphatic carbocycles. The molecule has 0 unspecified atom stereocenters. The number of amides is 2. The number of nitrogens with two attached hydrogens (primary N) is 1. The van der Waals surface area contributed by atoms with Gasteiger partial charge in [0.2, 0.25) is 5.91 Å². The summed E-state index contributed by atoms with van der Waals surface area (Å²) < 4.78 is 0. The van der Waals surface area contributed by atoms with Crippen LogP contribution in [0.1, 0.15) is 39.9 Å². The van der Waals surface area contributed by atoms with Crippen molar-refractivity contribution in [1.29, 1.82) is 0 Å². The highest BCUT2D eigenvalue weighted by molar-refractivity contribution is 5.99. The van der Waals surface area contributed by atoms with Crippen molar-refractivity contribution in [3.8, 4) is 0 Å². The number of nitrogens with one attached hydrogen (secondary N) is 1. The van der Waals surface area contributed by atoms with Gasteiger partial charge in [-0.15, -0.1) is 0 Å². The summed E-state index contributed by atoms with van der Waals surface area (Å²) in [6.07, 6.45) is 6.06. The minimum atomic E-state index is -0.572. The number of aliphatic imine (C=N–C) groups is 1. The Morgan fingerprint density at radius 1 is 1.00 bits per heavy atom. The molecule has 212 valence electrons. The molecule has 1 atom stereocenters. The van der Waals surface area contributed by atoms with E-state index in [1.165, 1.54) is 0 Å². The van der Waals surface area contributed by atoms with E-state index >= 15 is 0 Å². The van der Waals surface area contributed by atoms with Gasteiger partial charge in [-0.3, -0.25) is 9.59 Å². The van der Waals surface area contributed by atoms with Crippen molar-refractivity contribution in [3.05, 3.63) is 70.7 Å². The van der Waals surface area contributed by atoms with E-state index in [-0.39, 0.29) is 12.5 Å². The zero-order valence-corrected chi connectivity index (χ0v) is 24.1. The second-order valence-corrected chi connectivity index (χ2v) is 11.2. The lowest BCUT2D eigenvalue weighted by molar-refractivity contribution is -0.119. The minimum Gasteiger partial charge on any atom is -0.382 e. The Morgan fingerprint density at radius 2 is 1.73 bits per heavy atom. The van der Waals surface area contributed by atoms with Gasteiger partial charge in [-0.05, 0) is 62.4 Å². The molecule has 2 aromatic rings.